The van der Waals surface area contributed by atoms with Crippen LogP contribution in [0.4, 0.5) is 0 Å². The van der Waals surface area contributed by atoms with E-state index in [9.17, 15) is 0 Å². The molecule has 0 aliphatic rings. The first-order chi connectivity index (χ1) is 7.01. The Morgan fingerprint density at radius 1 is 1.20 bits per heavy atom. The van der Waals surface area contributed by atoms with Gasteiger partial charge >= 0.3 is 0 Å². The Bertz CT molecular complexity index is 288. The van der Waals surface area contributed by atoms with E-state index in [-0.39, 0.29) is 5.54 Å². The van der Waals surface area contributed by atoms with Crippen molar-refractivity contribution in [3.63, 3.8) is 0 Å². The number of rotatable bonds is 5. The van der Waals surface area contributed by atoms with E-state index >= 15 is 0 Å². The molecule has 0 bridgehead atoms. The summed E-state index contributed by atoms with van der Waals surface area (Å²) in [6, 6.07) is 0. The summed E-state index contributed by atoms with van der Waals surface area (Å²) < 4.78 is 5.50. The molecule has 0 saturated carbocycles. The van der Waals surface area contributed by atoms with E-state index in [1.807, 2.05) is 0 Å². The molecule has 15 heavy (non-hydrogen) atoms. The Hall–Kier alpha value is -0.900. The maximum absolute atomic E-state index is 5.50. The second kappa shape index (κ2) is 5.26. The third kappa shape index (κ3) is 4.93. The second-order valence-electron chi connectivity index (χ2n) is 4.80. The van der Waals surface area contributed by atoms with Crippen molar-refractivity contribution in [2.24, 2.45) is 0 Å². The van der Waals surface area contributed by atoms with Crippen molar-refractivity contribution in [3.05, 3.63) is 11.8 Å². The van der Waals surface area contributed by atoms with E-state index in [0.29, 0.717) is 12.4 Å². The lowest BCUT2D eigenvalue weighted by molar-refractivity contribution is 0.369. The Kier molecular flexibility index (Phi) is 4.27. The van der Waals surface area contributed by atoms with Gasteiger partial charge in [0.1, 0.15) is 0 Å². The van der Waals surface area contributed by atoms with Crippen LogP contribution in [-0.4, -0.2) is 15.7 Å². The first-order valence-corrected chi connectivity index (χ1v) is 5.57. The third-order valence-corrected chi connectivity index (χ3v) is 2.02. The van der Waals surface area contributed by atoms with E-state index in [4.69, 9.17) is 4.42 Å². The van der Waals surface area contributed by atoms with Gasteiger partial charge in [-0.25, -0.2) is 0 Å². The fourth-order valence-electron chi connectivity index (χ4n) is 1.13. The number of nitrogens with one attached hydrogen (secondary N) is 1. The van der Waals surface area contributed by atoms with Crippen molar-refractivity contribution in [1.82, 2.24) is 15.5 Å². The van der Waals surface area contributed by atoms with Gasteiger partial charge in [0.15, 0.2) is 0 Å². The molecule has 86 valence electrons. The van der Waals surface area contributed by atoms with Crippen LogP contribution < -0.4 is 5.32 Å². The maximum Gasteiger partial charge on any atom is 0.230 e. The highest BCUT2D eigenvalue weighted by atomic mass is 16.4. The molecule has 1 heterocycles. The molecule has 1 aromatic rings. The summed E-state index contributed by atoms with van der Waals surface area (Å²) in [4.78, 5) is 0. The van der Waals surface area contributed by atoms with Crippen molar-refractivity contribution < 1.29 is 4.42 Å². The summed E-state index contributed by atoms with van der Waals surface area (Å²) in [6.45, 7) is 9.13. The molecule has 1 N–H and O–H groups in total. The predicted molar refractivity (Wildman–Crippen MR) is 59.5 cm³/mol. The molecule has 0 saturated heterocycles. The molecule has 0 aliphatic heterocycles. The van der Waals surface area contributed by atoms with Crippen molar-refractivity contribution in [3.8, 4) is 0 Å². The smallest absolute Gasteiger partial charge is 0.230 e. The molecule has 1 rings (SSSR count). The van der Waals surface area contributed by atoms with Gasteiger partial charge in [-0.1, -0.05) is 13.3 Å². The van der Waals surface area contributed by atoms with Crippen LogP contribution in [0.5, 0.6) is 0 Å². The van der Waals surface area contributed by atoms with Gasteiger partial charge < -0.3 is 9.73 Å². The summed E-state index contributed by atoms with van der Waals surface area (Å²) in [5.74, 6) is 1.43. The minimum Gasteiger partial charge on any atom is -0.424 e. The zero-order chi connectivity index (χ0) is 11.3. The Morgan fingerprint density at radius 2 is 1.87 bits per heavy atom. The van der Waals surface area contributed by atoms with Gasteiger partial charge in [-0.05, 0) is 27.2 Å². The second-order valence-corrected chi connectivity index (χ2v) is 4.80. The van der Waals surface area contributed by atoms with E-state index < -0.39 is 0 Å². The molecular formula is C11H21N3O. The zero-order valence-electron chi connectivity index (χ0n) is 10.1. The van der Waals surface area contributed by atoms with Gasteiger partial charge in [0.05, 0.1) is 6.54 Å². The first kappa shape index (κ1) is 12.2. The summed E-state index contributed by atoms with van der Waals surface area (Å²) in [5.41, 5.74) is 0.0814. The summed E-state index contributed by atoms with van der Waals surface area (Å²) in [6.07, 6.45) is 3.14. The predicted octanol–water partition coefficient (Wildman–Crippen LogP) is 2.30. The molecule has 0 spiro atoms. The normalized spacial score (nSPS) is 12.0. The van der Waals surface area contributed by atoms with E-state index in [1.165, 1.54) is 0 Å². The number of hydrogen-bond acceptors (Lipinski definition) is 4. The average Bonchev–Trinajstić information content (AvgIpc) is 2.58. The van der Waals surface area contributed by atoms with Gasteiger partial charge in [0, 0.05) is 12.0 Å². The van der Waals surface area contributed by atoms with Crippen molar-refractivity contribution in [2.45, 2.75) is 59.0 Å². The number of aromatic nitrogens is 2. The topological polar surface area (TPSA) is 51.0 Å². The number of unbranched alkanes of at least 4 members (excludes halogenated alkanes) is 1. The molecule has 0 aromatic carbocycles. The van der Waals surface area contributed by atoms with Gasteiger partial charge in [-0.2, -0.15) is 0 Å². The van der Waals surface area contributed by atoms with Gasteiger partial charge in [-0.15, -0.1) is 10.2 Å². The molecule has 1 aromatic heterocycles. The van der Waals surface area contributed by atoms with E-state index in [0.717, 1.165) is 25.2 Å². The Labute approximate surface area is 91.5 Å². The highest BCUT2D eigenvalue weighted by Crippen LogP contribution is 2.06. The SMILES string of the molecule is CCCCc1nnc(CNC(C)(C)C)o1. The third-order valence-electron chi connectivity index (χ3n) is 2.02. The minimum absolute atomic E-state index is 0.0814. The van der Waals surface area contributed by atoms with Crippen molar-refractivity contribution in [2.75, 3.05) is 0 Å². The van der Waals surface area contributed by atoms with Gasteiger partial charge in [0.2, 0.25) is 11.8 Å². The van der Waals surface area contributed by atoms with Crippen LogP contribution in [-0.2, 0) is 13.0 Å². The van der Waals surface area contributed by atoms with Crippen LogP contribution in [0.25, 0.3) is 0 Å². The first-order valence-electron chi connectivity index (χ1n) is 5.57. The zero-order valence-corrected chi connectivity index (χ0v) is 10.1. The molecule has 0 fully saturated rings. The van der Waals surface area contributed by atoms with Crippen LogP contribution >= 0.6 is 0 Å². The largest absolute Gasteiger partial charge is 0.424 e. The number of hydrogen-bond donors (Lipinski definition) is 1. The summed E-state index contributed by atoms with van der Waals surface area (Å²) in [7, 11) is 0. The maximum atomic E-state index is 5.50. The molecule has 0 amide bonds. The molecule has 4 heteroatoms. The quantitative estimate of drug-likeness (QED) is 0.812. The molecular weight excluding hydrogens is 190 g/mol. The molecule has 0 unspecified atom stereocenters. The van der Waals surface area contributed by atoms with Crippen LogP contribution in [0, 0.1) is 0 Å². The lowest BCUT2D eigenvalue weighted by Crippen LogP contribution is -2.35. The standard InChI is InChI=1S/C11H21N3O/c1-5-6-7-9-13-14-10(15-9)8-12-11(2,3)4/h12H,5-8H2,1-4H3. The van der Waals surface area contributed by atoms with Crippen LogP contribution in [0.15, 0.2) is 4.42 Å². The highest BCUT2D eigenvalue weighted by molar-refractivity contribution is 4.83. The Morgan fingerprint density at radius 3 is 2.47 bits per heavy atom. The minimum atomic E-state index is 0.0814. The van der Waals surface area contributed by atoms with E-state index in [1.54, 1.807) is 0 Å². The lowest BCUT2D eigenvalue weighted by Gasteiger charge is -2.18. The van der Waals surface area contributed by atoms with Gasteiger partial charge in [-0.3, -0.25) is 0 Å². The fraction of sp³-hybridized carbons (Fsp3) is 0.818. The Balaban J connectivity index is 2.39. The summed E-state index contributed by atoms with van der Waals surface area (Å²) in [5, 5.41) is 11.3. The highest BCUT2D eigenvalue weighted by Gasteiger charge is 2.11. The van der Waals surface area contributed by atoms with Crippen LogP contribution in [0.1, 0.15) is 52.3 Å². The van der Waals surface area contributed by atoms with Crippen molar-refractivity contribution >= 4 is 0 Å². The monoisotopic (exact) mass is 211 g/mol. The van der Waals surface area contributed by atoms with Gasteiger partial charge in [0.25, 0.3) is 0 Å². The molecule has 0 aliphatic carbocycles. The fourth-order valence-corrected chi connectivity index (χ4v) is 1.13. The number of nitrogens with zero attached hydrogens (tertiary/aromatic N) is 2. The molecule has 0 atom stereocenters. The lowest BCUT2D eigenvalue weighted by atomic mass is 10.1. The summed E-state index contributed by atoms with van der Waals surface area (Å²) >= 11 is 0. The molecule has 0 radical (unpaired) electrons. The average molecular weight is 211 g/mol. The van der Waals surface area contributed by atoms with Crippen molar-refractivity contribution in [1.29, 1.82) is 0 Å². The molecule has 4 nitrogen and oxygen atoms in total. The van der Waals surface area contributed by atoms with E-state index in [2.05, 4.69) is 43.2 Å². The van der Waals surface area contributed by atoms with Crippen LogP contribution in [0.2, 0.25) is 0 Å². The van der Waals surface area contributed by atoms with Crippen LogP contribution in [0.3, 0.4) is 0 Å². The number of aryl methyl sites for hydroxylation is 1.